The summed E-state index contributed by atoms with van der Waals surface area (Å²) >= 11 is 0. The molecule has 16 heavy (non-hydrogen) atoms. The van der Waals surface area contributed by atoms with Crippen molar-refractivity contribution in [1.82, 2.24) is 0 Å². The van der Waals surface area contributed by atoms with Gasteiger partial charge in [0.25, 0.3) is 10.1 Å². The molecule has 1 aliphatic carbocycles. The molecule has 0 saturated heterocycles. The number of hydrogen-bond acceptors (Lipinski definition) is 4. The molecule has 2 unspecified atom stereocenters. The zero-order chi connectivity index (χ0) is 12.6. The van der Waals surface area contributed by atoms with Crippen molar-refractivity contribution >= 4 is 16.1 Å². The van der Waals surface area contributed by atoms with Crippen LogP contribution in [0.25, 0.3) is 0 Å². The minimum Gasteiger partial charge on any atom is -0.465 e. The lowest BCUT2D eigenvalue weighted by molar-refractivity contribution is -0.146. The van der Waals surface area contributed by atoms with E-state index in [0.717, 1.165) is 6.42 Å². The normalized spacial score (nSPS) is 27.5. The van der Waals surface area contributed by atoms with Crippen LogP contribution >= 0.6 is 0 Å². The van der Waals surface area contributed by atoms with Crippen LogP contribution in [0.15, 0.2) is 0 Å². The molecular formula is C10H18O5S. The van der Waals surface area contributed by atoms with Gasteiger partial charge in [-0.1, -0.05) is 20.8 Å². The van der Waals surface area contributed by atoms with E-state index in [4.69, 9.17) is 9.29 Å². The van der Waals surface area contributed by atoms with E-state index in [0.29, 0.717) is 6.61 Å². The largest absolute Gasteiger partial charge is 0.465 e. The quantitative estimate of drug-likeness (QED) is 0.583. The molecule has 1 rings (SSSR count). The highest BCUT2D eigenvalue weighted by atomic mass is 32.2. The van der Waals surface area contributed by atoms with Gasteiger partial charge in [0.05, 0.1) is 18.3 Å². The van der Waals surface area contributed by atoms with E-state index in [1.165, 1.54) is 0 Å². The van der Waals surface area contributed by atoms with Crippen molar-refractivity contribution in [3.63, 3.8) is 0 Å². The maximum Gasteiger partial charge on any atom is 0.309 e. The molecule has 6 heteroatoms. The zero-order valence-electron chi connectivity index (χ0n) is 9.76. The minimum atomic E-state index is -4.03. The van der Waals surface area contributed by atoms with Crippen LogP contribution in [-0.4, -0.2) is 31.3 Å². The molecule has 1 aliphatic rings. The van der Waals surface area contributed by atoms with E-state index in [9.17, 15) is 13.2 Å². The Morgan fingerprint density at radius 2 is 2.00 bits per heavy atom. The first-order valence-corrected chi connectivity index (χ1v) is 6.93. The van der Waals surface area contributed by atoms with Crippen LogP contribution in [-0.2, 0) is 19.6 Å². The first-order chi connectivity index (χ1) is 7.20. The first-order valence-electron chi connectivity index (χ1n) is 5.32. The number of hydrogen-bond donors (Lipinski definition) is 1. The number of carbonyl (C=O) groups excluding carboxylic acids is 1. The number of esters is 1. The molecule has 1 fully saturated rings. The van der Waals surface area contributed by atoms with Crippen molar-refractivity contribution in [1.29, 1.82) is 0 Å². The van der Waals surface area contributed by atoms with Crippen LogP contribution in [0, 0.1) is 17.3 Å². The molecule has 0 heterocycles. The predicted molar refractivity (Wildman–Crippen MR) is 58.4 cm³/mol. The molecule has 0 aliphatic heterocycles. The van der Waals surface area contributed by atoms with Crippen molar-refractivity contribution in [2.45, 2.75) is 27.2 Å². The van der Waals surface area contributed by atoms with E-state index in [-0.39, 0.29) is 17.6 Å². The van der Waals surface area contributed by atoms with Gasteiger partial charge in [-0.05, 0) is 17.8 Å². The lowest BCUT2D eigenvalue weighted by Crippen LogP contribution is -2.13. The monoisotopic (exact) mass is 250 g/mol. The van der Waals surface area contributed by atoms with Crippen LogP contribution < -0.4 is 0 Å². The van der Waals surface area contributed by atoms with Crippen LogP contribution in [0.3, 0.4) is 0 Å². The summed E-state index contributed by atoms with van der Waals surface area (Å²) in [6, 6.07) is 0. The second kappa shape index (κ2) is 4.33. The molecule has 2 atom stereocenters. The van der Waals surface area contributed by atoms with Crippen molar-refractivity contribution in [3.8, 4) is 0 Å². The third kappa shape index (κ3) is 2.95. The summed E-state index contributed by atoms with van der Waals surface area (Å²) in [6.07, 6.45) is 0.738. The highest BCUT2D eigenvalue weighted by molar-refractivity contribution is 7.85. The van der Waals surface area contributed by atoms with Gasteiger partial charge in [0.2, 0.25) is 0 Å². The fraction of sp³-hybridized carbons (Fsp3) is 0.900. The SMILES string of the molecule is CCCOC(=O)C1C(CS(=O)(=O)O)C1(C)C. The molecule has 5 nitrogen and oxygen atoms in total. The summed E-state index contributed by atoms with van der Waals surface area (Å²) in [6.45, 7) is 5.85. The van der Waals surface area contributed by atoms with Gasteiger partial charge in [-0.25, -0.2) is 0 Å². The fourth-order valence-electron chi connectivity index (χ4n) is 2.04. The van der Waals surface area contributed by atoms with Crippen molar-refractivity contribution in [2.75, 3.05) is 12.4 Å². The predicted octanol–water partition coefficient (Wildman–Crippen LogP) is 1.10. The molecular weight excluding hydrogens is 232 g/mol. The molecule has 0 aromatic carbocycles. The Hall–Kier alpha value is -0.620. The minimum absolute atomic E-state index is 0.341. The fourth-order valence-corrected chi connectivity index (χ4v) is 3.12. The topological polar surface area (TPSA) is 80.7 Å². The average molecular weight is 250 g/mol. The van der Waals surface area contributed by atoms with Crippen molar-refractivity contribution in [3.05, 3.63) is 0 Å². The van der Waals surface area contributed by atoms with Gasteiger partial charge >= 0.3 is 5.97 Å². The Kier molecular flexibility index (Phi) is 3.64. The maximum atomic E-state index is 11.6. The summed E-state index contributed by atoms with van der Waals surface area (Å²) in [5, 5.41) is 0. The Morgan fingerprint density at radius 1 is 1.44 bits per heavy atom. The number of ether oxygens (including phenoxy) is 1. The van der Waals surface area contributed by atoms with E-state index >= 15 is 0 Å². The van der Waals surface area contributed by atoms with Gasteiger partial charge in [-0.2, -0.15) is 8.42 Å². The lowest BCUT2D eigenvalue weighted by Gasteiger charge is -2.03. The summed E-state index contributed by atoms with van der Waals surface area (Å²) < 4.78 is 35.2. The molecule has 0 aromatic heterocycles. The molecule has 0 bridgehead atoms. The van der Waals surface area contributed by atoms with E-state index in [1.54, 1.807) is 13.8 Å². The Bertz CT molecular complexity index is 371. The van der Waals surface area contributed by atoms with Gasteiger partial charge in [0.1, 0.15) is 0 Å². The standard InChI is InChI=1S/C10H18O5S/c1-4-5-15-9(11)8-7(10(8,2)3)6-16(12,13)14/h7-8H,4-6H2,1-3H3,(H,12,13,14). The molecule has 0 amide bonds. The molecule has 0 radical (unpaired) electrons. The second-order valence-electron chi connectivity index (χ2n) is 4.82. The van der Waals surface area contributed by atoms with E-state index < -0.39 is 21.5 Å². The second-order valence-corrected chi connectivity index (χ2v) is 6.32. The zero-order valence-corrected chi connectivity index (χ0v) is 10.6. The summed E-state index contributed by atoms with van der Waals surface area (Å²) in [4.78, 5) is 11.6. The third-order valence-electron chi connectivity index (χ3n) is 3.14. The molecule has 0 aromatic rings. The van der Waals surface area contributed by atoms with Crippen LogP contribution in [0.2, 0.25) is 0 Å². The molecule has 1 N–H and O–H groups in total. The molecule has 0 spiro atoms. The Balaban J connectivity index is 2.60. The van der Waals surface area contributed by atoms with Crippen molar-refractivity contribution in [2.24, 2.45) is 17.3 Å². The van der Waals surface area contributed by atoms with Gasteiger partial charge in [-0.15, -0.1) is 0 Å². The van der Waals surface area contributed by atoms with Crippen LogP contribution in [0.5, 0.6) is 0 Å². The van der Waals surface area contributed by atoms with E-state index in [2.05, 4.69) is 0 Å². The van der Waals surface area contributed by atoms with Crippen LogP contribution in [0.4, 0.5) is 0 Å². The highest BCUT2D eigenvalue weighted by Gasteiger charge is 2.63. The lowest BCUT2D eigenvalue weighted by atomic mass is 10.1. The summed E-state index contributed by atoms with van der Waals surface area (Å²) in [5.41, 5.74) is -0.402. The number of rotatable bonds is 5. The highest BCUT2D eigenvalue weighted by Crippen LogP contribution is 2.59. The number of carbonyl (C=O) groups is 1. The first kappa shape index (κ1) is 13.4. The van der Waals surface area contributed by atoms with Gasteiger partial charge in [0.15, 0.2) is 0 Å². The molecule has 94 valence electrons. The van der Waals surface area contributed by atoms with Crippen molar-refractivity contribution < 1.29 is 22.5 Å². The van der Waals surface area contributed by atoms with E-state index in [1.807, 2.05) is 6.92 Å². The van der Waals surface area contributed by atoms with Gasteiger partial charge in [-0.3, -0.25) is 9.35 Å². The van der Waals surface area contributed by atoms with Crippen LogP contribution in [0.1, 0.15) is 27.2 Å². The molecule has 1 saturated carbocycles. The smallest absolute Gasteiger partial charge is 0.309 e. The summed E-state index contributed by atoms with van der Waals surface area (Å²) in [7, 11) is -4.03. The summed E-state index contributed by atoms with van der Waals surface area (Å²) in [5.74, 6) is -1.49. The maximum absolute atomic E-state index is 11.6. The third-order valence-corrected chi connectivity index (χ3v) is 3.92. The van der Waals surface area contributed by atoms with Gasteiger partial charge < -0.3 is 4.74 Å². The average Bonchev–Trinajstić information content (AvgIpc) is 2.61. The Labute approximate surface area is 95.9 Å². The Morgan fingerprint density at radius 3 is 2.44 bits per heavy atom. The van der Waals surface area contributed by atoms with Gasteiger partial charge in [0, 0.05) is 0 Å².